The number of aliphatic hydroxyl groups excluding tert-OH is 1. The maximum atomic E-state index is 14.8. The van der Waals surface area contributed by atoms with Crippen LogP contribution in [0.1, 0.15) is 31.7 Å². The molecule has 0 radical (unpaired) electrons. The molecule has 49 heavy (non-hydrogen) atoms. The van der Waals surface area contributed by atoms with Crippen molar-refractivity contribution in [3.8, 4) is 5.75 Å². The normalized spacial score (nSPS) is 26.2. The maximum Gasteiger partial charge on any atom is 0.264 e. The Labute approximate surface area is 290 Å². The van der Waals surface area contributed by atoms with Crippen molar-refractivity contribution < 1.29 is 24.2 Å². The van der Waals surface area contributed by atoms with Crippen LogP contribution >= 0.6 is 0 Å². The SMILES string of the molecule is C=CCN1C(=O)[C@]2(O[C@H](CCO)[C@@H]([Si](C)(C)c3ccc(OC)cc3)[C@@H]2C)c2cc(N3CN(c4ccccc4)C4(CCNCC4)C3=O)ccc21. The van der Waals surface area contributed by atoms with Crippen molar-refractivity contribution in [1.29, 1.82) is 0 Å². The first-order valence-electron chi connectivity index (χ1n) is 17.5. The molecule has 3 aromatic carbocycles. The summed E-state index contributed by atoms with van der Waals surface area (Å²) in [6, 6.07) is 24.4. The number of benzene rings is 3. The van der Waals surface area contributed by atoms with Gasteiger partial charge in [-0.3, -0.25) is 14.5 Å². The molecule has 3 aromatic rings. The van der Waals surface area contributed by atoms with E-state index in [1.54, 1.807) is 18.1 Å². The van der Waals surface area contributed by atoms with Gasteiger partial charge in [0, 0.05) is 36.0 Å². The predicted octanol–water partition coefficient (Wildman–Crippen LogP) is 4.76. The summed E-state index contributed by atoms with van der Waals surface area (Å²) in [6.07, 6.45) is 3.28. The third-order valence-corrected chi connectivity index (χ3v) is 16.2. The van der Waals surface area contributed by atoms with E-state index in [9.17, 15) is 14.7 Å². The number of hydrogen-bond acceptors (Lipinski definition) is 7. The minimum absolute atomic E-state index is 0.0252. The van der Waals surface area contributed by atoms with Crippen LogP contribution in [0.15, 0.2) is 85.5 Å². The Morgan fingerprint density at radius 3 is 2.39 bits per heavy atom. The van der Waals surface area contributed by atoms with Gasteiger partial charge >= 0.3 is 0 Å². The molecule has 3 saturated heterocycles. The fraction of sp³-hybridized carbons (Fsp3) is 0.436. The summed E-state index contributed by atoms with van der Waals surface area (Å²) in [7, 11) is -0.648. The highest BCUT2D eigenvalue weighted by atomic mass is 28.3. The Hall–Kier alpha value is -3.96. The molecule has 0 bridgehead atoms. The lowest BCUT2D eigenvalue weighted by molar-refractivity contribution is -0.146. The Morgan fingerprint density at radius 1 is 1.02 bits per heavy atom. The number of fused-ring (bicyclic) bond motifs is 2. The lowest BCUT2D eigenvalue weighted by Gasteiger charge is -2.39. The molecular weight excluding hydrogens is 633 g/mol. The largest absolute Gasteiger partial charge is 0.497 e. The Bertz CT molecular complexity index is 1730. The first-order chi connectivity index (χ1) is 23.6. The highest BCUT2D eigenvalue weighted by Gasteiger charge is 2.66. The van der Waals surface area contributed by atoms with Gasteiger partial charge in [-0.15, -0.1) is 6.58 Å². The highest BCUT2D eigenvalue weighted by Crippen LogP contribution is 2.60. The van der Waals surface area contributed by atoms with Crippen molar-refractivity contribution in [3.05, 3.63) is 91.0 Å². The minimum Gasteiger partial charge on any atom is -0.497 e. The van der Waals surface area contributed by atoms with Crippen LogP contribution in [0.5, 0.6) is 5.75 Å². The van der Waals surface area contributed by atoms with E-state index >= 15 is 0 Å². The Kier molecular flexibility index (Phi) is 8.71. The second-order valence-electron chi connectivity index (χ2n) is 14.5. The number of carbonyl (C=O) groups excluding carboxylic acids is 2. The number of para-hydroxylation sites is 1. The average Bonchev–Trinajstić information content (AvgIpc) is 3.66. The van der Waals surface area contributed by atoms with E-state index in [0.29, 0.717) is 32.5 Å². The average molecular weight is 681 g/mol. The van der Waals surface area contributed by atoms with Crippen LogP contribution in [0, 0.1) is 5.92 Å². The van der Waals surface area contributed by atoms with Gasteiger partial charge in [-0.05, 0) is 80.4 Å². The molecule has 0 saturated carbocycles. The molecular formula is C39H48N4O5Si. The van der Waals surface area contributed by atoms with Gasteiger partial charge in [0.1, 0.15) is 11.3 Å². The van der Waals surface area contributed by atoms with Crippen molar-refractivity contribution in [2.24, 2.45) is 5.92 Å². The topological polar surface area (TPSA) is 94.6 Å². The third-order valence-electron chi connectivity index (χ3n) is 11.8. The molecule has 0 aliphatic carbocycles. The van der Waals surface area contributed by atoms with Crippen LogP contribution in [0.4, 0.5) is 17.1 Å². The molecule has 258 valence electrons. The zero-order valence-electron chi connectivity index (χ0n) is 29.0. The number of piperidine rings is 1. The molecule has 10 heteroatoms. The van der Waals surface area contributed by atoms with Crippen molar-refractivity contribution in [1.82, 2.24) is 5.32 Å². The van der Waals surface area contributed by atoms with Crippen molar-refractivity contribution in [3.63, 3.8) is 0 Å². The van der Waals surface area contributed by atoms with Crippen LogP contribution < -0.4 is 29.9 Å². The number of rotatable bonds is 9. The molecule has 3 fully saturated rings. The number of amides is 2. The van der Waals surface area contributed by atoms with Gasteiger partial charge in [-0.25, -0.2) is 0 Å². The van der Waals surface area contributed by atoms with E-state index < -0.39 is 19.2 Å². The number of methoxy groups -OCH3 is 1. The Morgan fingerprint density at radius 2 is 1.73 bits per heavy atom. The quantitative estimate of drug-likeness (QED) is 0.249. The van der Waals surface area contributed by atoms with Crippen molar-refractivity contribution >= 4 is 42.1 Å². The second-order valence-corrected chi connectivity index (χ2v) is 19.2. The molecule has 0 unspecified atom stereocenters. The zero-order valence-corrected chi connectivity index (χ0v) is 30.0. The van der Waals surface area contributed by atoms with Crippen molar-refractivity contribution in [2.75, 3.05) is 54.7 Å². The first-order valence-corrected chi connectivity index (χ1v) is 20.6. The lowest BCUT2D eigenvalue weighted by Crippen LogP contribution is -2.55. The minimum atomic E-state index is -2.31. The number of aliphatic hydroxyl groups is 1. The molecule has 4 atom stereocenters. The molecule has 4 heterocycles. The van der Waals surface area contributed by atoms with Crippen LogP contribution in [-0.2, 0) is 19.9 Å². The first kappa shape index (κ1) is 33.5. The summed E-state index contributed by atoms with van der Waals surface area (Å²) in [4.78, 5) is 35.3. The number of nitrogens with zero attached hydrogens (tertiary/aromatic N) is 3. The summed E-state index contributed by atoms with van der Waals surface area (Å²) < 4.78 is 12.5. The molecule has 9 nitrogen and oxygen atoms in total. The fourth-order valence-electron chi connectivity index (χ4n) is 9.34. The molecule has 2 N–H and O–H groups in total. The van der Waals surface area contributed by atoms with E-state index in [-0.39, 0.29) is 36.0 Å². The molecule has 0 aromatic heterocycles. The predicted molar refractivity (Wildman–Crippen MR) is 196 cm³/mol. The highest BCUT2D eigenvalue weighted by molar-refractivity contribution is 6.91. The summed E-state index contributed by atoms with van der Waals surface area (Å²) in [5.41, 5.74) is 1.49. The lowest BCUT2D eigenvalue weighted by atomic mass is 9.82. The van der Waals surface area contributed by atoms with E-state index in [1.807, 2.05) is 53.4 Å². The summed E-state index contributed by atoms with van der Waals surface area (Å²) in [5.74, 6) is 0.581. The number of hydrogen-bond donors (Lipinski definition) is 2. The Balaban J connectivity index is 1.33. The molecule has 4 aliphatic heterocycles. The summed E-state index contributed by atoms with van der Waals surface area (Å²) in [5, 5.41) is 15.0. The molecule has 2 amide bonds. The summed E-state index contributed by atoms with van der Waals surface area (Å²) >= 11 is 0. The van der Waals surface area contributed by atoms with E-state index in [4.69, 9.17) is 9.47 Å². The fourth-order valence-corrected chi connectivity index (χ4v) is 13.4. The van der Waals surface area contributed by atoms with Crippen LogP contribution in [0.2, 0.25) is 18.6 Å². The molecule has 4 aliphatic rings. The molecule has 2 spiro atoms. The second kappa shape index (κ2) is 12.7. The van der Waals surface area contributed by atoms with E-state index in [0.717, 1.165) is 41.5 Å². The molecule has 7 rings (SSSR count). The van der Waals surface area contributed by atoms with Crippen LogP contribution in [0.25, 0.3) is 0 Å². The van der Waals surface area contributed by atoms with Gasteiger partial charge in [-0.2, -0.15) is 0 Å². The van der Waals surface area contributed by atoms with E-state index in [1.165, 1.54) is 5.19 Å². The van der Waals surface area contributed by atoms with Gasteiger partial charge in [0.2, 0.25) is 0 Å². The van der Waals surface area contributed by atoms with Crippen LogP contribution in [-0.4, -0.2) is 76.7 Å². The number of ether oxygens (including phenoxy) is 2. The monoisotopic (exact) mass is 680 g/mol. The number of anilines is 3. The van der Waals surface area contributed by atoms with Gasteiger partial charge in [0.25, 0.3) is 11.8 Å². The third kappa shape index (κ3) is 5.06. The smallest absolute Gasteiger partial charge is 0.264 e. The maximum absolute atomic E-state index is 14.8. The standard InChI is InChI=1S/C39H48N4O5Si/c1-6-23-41-33-17-12-29(42-26-43(28-10-8-7-9-11-28)38(36(42)45)19-21-40-22-20-38)25-32(33)39(37(41)46)27(2)35(34(48-39)18-24-44)49(4,5)31-15-13-30(47-3)14-16-31/h6-17,25,27,34-35,40,44H,1,18-24,26H2,2-5H3/t27-,34+,35-,39+/m0/s1. The zero-order chi connectivity index (χ0) is 34.6. The summed E-state index contributed by atoms with van der Waals surface area (Å²) in [6.45, 7) is 13.0. The van der Waals surface area contributed by atoms with E-state index in [2.05, 4.69) is 61.1 Å². The van der Waals surface area contributed by atoms with Gasteiger partial charge in [0.15, 0.2) is 5.60 Å². The number of nitrogens with one attached hydrogen (secondary N) is 1. The van der Waals surface area contributed by atoms with Gasteiger partial charge in [-0.1, -0.05) is 61.6 Å². The van der Waals surface area contributed by atoms with Gasteiger partial charge in [0.05, 0.1) is 33.6 Å². The van der Waals surface area contributed by atoms with Crippen LogP contribution in [0.3, 0.4) is 0 Å². The number of carbonyl (C=O) groups is 2. The van der Waals surface area contributed by atoms with Crippen molar-refractivity contribution in [2.45, 2.75) is 62.1 Å². The van der Waals surface area contributed by atoms with Gasteiger partial charge < -0.3 is 29.7 Å².